The first-order valence-corrected chi connectivity index (χ1v) is 6.10. The van der Waals surface area contributed by atoms with E-state index in [-0.39, 0.29) is 6.42 Å². The van der Waals surface area contributed by atoms with Crippen molar-refractivity contribution >= 4 is 0 Å². The molecule has 0 aromatic heterocycles. The molecule has 0 radical (unpaired) electrons. The summed E-state index contributed by atoms with van der Waals surface area (Å²) in [5.41, 5.74) is 1.12. The first kappa shape index (κ1) is 14.7. The fraction of sp³-hybridized carbons (Fsp3) is 0.500. The molecule has 4 nitrogen and oxygen atoms in total. The summed E-state index contributed by atoms with van der Waals surface area (Å²) in [6.45, 7) is 1.13. The SMILES string of the molecule is N#CC(O)C[C@@H](O)CCCOCc1ccccc1. The largest absolute Gasteiger partial charge is 0.393 e. The van der Waals surface area contributed by atoms with E-state index in [1.807, 2.05) is 30.3 Å². The zero-order chi connectivity index (χ0) is 13.2. The van der Waals surface area contributed by atoms with Crippen LogP contribution in [0.4, 0.5) is 0 Å². The zero-order valence-corrected chi connectivity index (χ0v) is 10.3. The highest BCUT2D eigenvalue weighted by Gasteiger charge is 2.10. The Hall–Kier alpha value is -1.41. The van der Waals surface area contributed by atoms with E-state index < -0.39 is 12.2 Å². The van der Waals surface area contributed by atoms with E-state index in [0.717, 1.165) is 5.56 Å². The van der Waals surface area contributed by atoms with Crippen LogP contribution in [0.3, 0.4) is 0 Å². The van der Waals surface area contributed by atoms with Gasteiger partial charge in [-0.1, -0.05) is 30.3 Å². The molecule has 2 N–H and O–H groups in total. The summed E-state index contributed by atoms with van der Waals surface area (Å²) in [5.74, 6) is 0. The van der Waals surface area contributed by atoms with Crippen LogP contribution in [0.1, 0.15) is 24.8 Å². The van der Waals surface area contributed by atoms with Crippen molar-refractivity contribution in [3.8, 4) is 6.07 Å². The number of aliphatic hydroxyl groups excluding tert-OH is 2. The summed E-state index contributed by atoms with van der Waals surface area (Å²) in [6, 6.07) is 11.6. The fourth-order valence-electron chi connectivity index (χ4n) is 1.61. The molecule has 0 aliphatic carbocycles. The standard InChI is InChI=1S/C14H19NO3/c15-10-14(17)9-13(16)7-4-8-18-11-12-5-2-1-3-6-12/h1-3,5-6,13-14,16-17H,4,7-9,11H2/t13-,14?/m0/s1. The topological polar surface area (TPSA) is 73.5 Å². The lowest BCUT2D eigenvalue weighted by molar-refractivity contribution is 0.0760. The van der Waals surface area contributed by atoms with E-state index in [2.05, 4.69) is 0 Å². The summed E-state index contributed by atoms with van der Waals surface area (Å²) in [4.78, 5) is 0. The van der Waals surface area contributed by atoms with E-state index in [1.165, 1.54) is 0 Å². The second-order valence-corrected chi connectivity index (χ2v) is 4.21. The first-order valence-electron chi connectivity index (χ1n) is 6.10. The lowest BCUT2D eigenvalue weighted by atomic mass is 10.1. The molecule has 0 aliphatic rings. The lowest BCUT2D eigenvalue weighted by Gasteiger charge is -2.11. The predicted octanol–water partition coefficient (Wildman–Crippen LogP) is 1.62. The molecule has 0 aliphatic heterocycles. The Labute approximate surface area is 107 Å². The van der Waals surface area contributed by atoms with Gasteiger partial charge in [-0.05, 0) is 18.4 Å². The second kappa shape index (κ2) is 8.65. The molecule has 98 valence electrons. The van der Waals surface area contributed by atoms with Gasteiger partial charge in [0.1, 0.15) is 6.10 Å². The van der Waals surface area contributed by atoms with Gasteiger partial charge in [0.15, 0.2) is 0 Å². The maximum absolute atomic E-state index is 9.50. The number of hydrogen-bond acceptors (Lipinski definition) is 4. The first-order chi connectivity index (χ1) is 8.72. The van der Waals surface area contributed by atoms with E-state index in [0.29, 0.717) is 26.1 Å². The Morgan fingerprint density at radius 2 is 1.94 bits per heavy atom. The number of rotatable bonds is 8. The van der Waals surface area contributed by atoms with Crippen LogP contribution in [0.5, 0.6) is 0 Å². The van der Waals surface area contributed by atoms with Crippen LogP contribution >= 0.6 is 0 Å². The number of nitriles is 1. The van der Waals surface area contributed by atoms with E-state index in [4.69, 9.17) is 15.1 Å². The van der Waals surface area contributed by atoms with Crippen molar-refractivity contribution in [2.45, 2.75) is 38.1 Å². The third-order valence-corrected chi connectivity index (χ3v) is 2.58. The van der Waals surface area contributed by atoms with E-state index >= 15 is 0 Å². The number of aliphatic hydroxyl groups is 2. The number of nitrogens with zero attached hydrogens (tertiary/aromatic N) is 1. The molecule has 0 saturated carbocycles. The zero-order valence-electron chi connectivity index (χ0n) is 10.3. The van der Waals surface area contributed by atoms with Gasteiger partial charge in [0.05, 0.1) is 18.8 Å². The lowest BCUT2D eigenvalue weighted by Crippen LogP contribution is -2.16. The van der Waals surface area contributed by atoms with Gasteiger partial charge in [0.2, 0.25) is 0 Å². The second-order valence-electron chi connectivity index (χ2n) is 4.21. The van der Waals surface area contributed by atoms with Crippen molar-refractivity contribution in [1.82, 2.24) is 0 Å². The van der Waals surface area contributed by atoms with Crippen LogP contribution in [-0.2, 0) is 11.3 Å². The summed E-state index contributed by atoms with van der Waals surface area (Å²) in [7, 11) is 0. The average Bonchev–Trinajstić information content (AvgIpc) is 2.39. The number of ether oxygens (including phenoxy) is 1. The minimum atomic E-state index is -1.08. The molecular weight excluding hydrogens is 230 g/mol. The van der Waals surface area contributed by atoms with Crippen LogP contribution < -0.4 is 0 Å². The molecule has 0 fully saturated rings. The van der Waals surface area contributed by atoms with Gasteiger partial charge in [-0.3, -0.25) is 0 Å². The fourth-order valence-corrected chi connectivity index (χ4v) is 1.61. The number of hydrogen-bond donors (Lipinski definition) is 2. The molecule has 4 heteroatoms. The predicted molar refractivity (Wildman–Crippen MR) is 67.6 cm³/mol. The van der Waals surface area contributed by atoms with E-state index in [1.54, 1.807) is 6.07 Å². The van der Waals surface area contributed by atoms with Gasteiger partial charge in [-0.2, -0.15) is 5.26 Å². The Morgan fingerprint density at radius 1 is 1.22 bits per heavy atom. The van der Waals surface area contributed by atoms with Crippen molar-refractivity contribution < 1.29 is 14.9 Å². The van der Waals surface area contributed by atoms with Gasteiger partial charge in [-0.25, -0.2) is 0 Å². The van der Waals surface area contributed by atoms with Gasteiger partial charge in [0, 0.05) is 13.0 Å². The normalized spacial score (nSPS) is 13.8. The van der Waals surface area contributed by atoms with Crippen LogP contribution in [0.2, 0.25) is 0 Å². The minimum Gasteiger partial charge on any atom is -0.393 e. The maximum Gasteiger partial charge on any atom is 0.142 e. The molecule has 0 saturated heterocycles. The maximum atomic E-state index is 9.50. The van der Waals surface area contributed by atoms with Crippen molar-refractivity contribution in [3.05, 3.63) is 35.9 Å². The van der Waals surface area contributed by atoms with Gasteiger partial charge in [-0.15, -0.1) is 0 Å². The minimum absolute atomic E-state index is 0.106. The van der Waals surface area contributed by atoms with Gasteiger partial charge < -0.3 is 14.9 Å². The molecule has 1 aromatic carbocycles. The summed E-state index contributed by atoms with van der Waals surface area (Å²) in [6.07, 6.45) is -0.361. The average molecular weight is 249 g/mol. The molecular formula is C14H19NO3. The molecule has 0 spiro atoms. The summed E-state index contributed by atoms with van der Waals surface area (Å²) in [5, 5.41) is 26.9. The molecule has 2 atom stereocenters. The van der Waals surface area contributed by atoms with Crippen LogP contribution in [-0.4, -0.2) is 29.0 Å². The van der Waals surface area contributed by atoms with Crippen molar-refractivity contribution in [3.63, 3.8) is 0 Å². The quantitative estimate of drug-likeness (QED) is 0.542. The molecule has 0 bridgehead atoms. The van der Waals surface area contributed by atoms with Gasteiger partial charge in [0.25, 0.3) is 0 Å². The van der Waals surface area contributed by atoms with E-state index in [9.17, 15) is 5.11 Å². The highest BCUT2D eigenvalue weighted by atomic mass is 16.5. The Kier molecular flexibility index (Phi) is 7.04. The van der Waals surface area contributed by atoms with Crippen molar-refractivity contribution in [2.75, 3.05) is 6.61 Å². The Bertz CT molecular complexity index is 361. The van der Waals surface area contributed by atoms with Crippen LogP contribution in [0.15, 0.2) is 30.3 Å². The van der Waals surface area contributed by atoms with Crippen molar-refractivity contribution in [1.29, 1.82) is 5.26 Å². The number of benzene rings is 1. The smallest absolute Gasteiger partial charge is 0.142 e. The third-order valence-electron chi connectivity index (χ3n) is 2.58. The molecule has 1 rings (SSSR count). The monoisotopic (exact) mass is 249 g/mol. The third kappa shape index (κ3) is 6.36. The molecule has 1 aromatic rings. The Balaban J connectivity index is 2.04. The molecule has 1 unspecified atom stereocenters. The van der Waals surface area contributed by atoms with Gasteiger partial charge >= 0.3 is 0 Å². The summed E-state index contributed by atoms with van der Waals surface area (Å²) >= 11 is 0. The molecule has 0 heterocycles. The highest BCUT2D eigenvalue weighted by molar-refractivity contribution is 5.13. The van der Waals surface area contributed by atoms with Crippen LogP contribution in [0, 0.1) is 11.3 Å². The van der Waals surface area contributed by atoms with Crippen LogP contribution in [0.25, 0.3) is 0 Å². The molecule has 18 heavy (non-hydrogen) atoms. The van der Waals surface area contributed by atoms with Crippen molar-refractivity contribution in [2.24, 2.45) is 0 Å². The highest BCUT2D eigenvalue weighted by Crippen LogP contribution is 2.06. The Morgan fingerprint density at radius 3 is 2.61 bits per heavy atom. The summed E-state index contributed by atoms with van der Waals surface area (Å²) < 4.78 is 5.46. The molecule has 0 amide bonds.